The minimum Gasteiger partial charge on any atom is -0.444 e. The van der Waals surface area contributed by atoms with E-state index < -0.39 is 6.09 Å². The second kappa shape index (κ2) is 6.89. The van der Waals surface area contributed by atoms with Gasteiger partial charge in [0.15, 0.2) is 0 Å². The van der Waals surface area contributed by atoms with E-state index in [0.29, 0.717) is 17.7 Å². The number of carbonyl (C=O) groups excluding carboxylic acids is 1. The molecule has 0 aliphatic rings. The number of benzene rings is 2. The summed E-state index contributed by atoms with van der Waals surface area (Å²) in [4.78, 5) is 16.3. The zero-order valence-corrected chi connectivity index (χ0v) is 12.5. The van der Waals surface area contributed by atoms with Gasteiger partial charge in [0.05, 0.1) is 11.2 Å². The van der Waals surface area contributed by atoms with Crippen LogP contribution in [0.5, 0.6) is 0 Å². The van der Waals surface area contributed by atoms with Gasteiger partial charge in [-0.25, -0.2) is 4.79 Å². The van der Waals surface area contributed by atoms with E-state index in [4.69, 9.17) is 10.5 Å². The average Bonchev–Trinajstić information content (AvgIpc) is 2.61. The van der Waals surface area contributed by atoms with Crippen molar-refractivity contribution in [1.82, 2.24) is 4.98 Å². The molecule has 0 saturated carbocycles. The van der Waals surface area contributed by atoms with Crippen LogP contribution in [0.15, 0.2) is 60.8 Å². The lowest BCUT2D eigenvalue weighted by Crippen LogP contribution is -2.14. The molecule has 0 atom stereocenters. The highest BCUT2D eigenvalue weighted by molar-refractivity contribution is 5.99. The first-order valence-electron chi connectivity index (χ1n) is 7.32. The molecule has 1 aromatic heterocycles. The third-order valence-electron chi connectivity index (χ3n) is 3.53. The van der Waals surface area contributed by atoms with Gasteiger partial charge in [0.1, 0.15) is 6.61 Å². The Kier molecular flexibility index (Phi) is 4.49. The summed E-state index contributed by atoms with van der Waals surface area (Å²) in [6, 6.07) is 17.0. The Morgan fingerprint density at radius 1 is 1.09 bits per heavy atom. The van der Waals surface area contributed by atoms with Crippen LogP contribution >= 0.6 is 0 Å². The number of hydrogen-bond acceptors (Lipinski definition) is 4. The van der Waals surface area contributed by atoms with Crippen LogP contribution in [0.4, 0.5) is 10.5 Å². The van der Waals surface area contributed by atoms with Crippen LogP contribution in [0, 0.1) is 0 Å². The molecule has 0 spiro atoms. The molecule has 0 aliphatic carbocycles. The van der Waals surface area contributed by atoms with Crippen LogP contribution in [0.25, 0.3) is 10.9 Å². The largest absolute Gasteiger partial charge is 0.444 e. The van der Waals surface area contributed by atoms with Crippen molar-refractivity contribution in [2.45, 2.75) is 13.2 Å². The number of pyridine rings is 1. The maximum atomic E-state index is 12.0. The van der Waals surface area contributed by atoms with Gasteiger partial charge in [-0.2, -0.15) is 0 Å². The number of anilines is 1. The average molecular weight is 307 g/mol. The molecule has 3 rings (SSSR count). The first-order valence-corrected chi connectivity index (χ1v) is 7.32. The number of fused-ring (bicyclic) bond motifs is 1. The summed E-state index contributed by atoms with van der Waals surface area (Å²) in [6.45, 7) is 0.639. The summed E-state index contributed by atoms with van der Waals surface area (Å²) in [6.07, 6.45) is 1.17. The molecule has 0 fully saturated rings. The number of aromatic nitrogens is 1. The normalized spacial score (nSPS) is 10.5. The summed E-state index contributed by atoms with van der Waals surface area (Å²) in [5.74, 6) is 0. The molecule has 2 aromatic carbocycles. The zero-order valence-electron chi connectivity index (χ0n) is 12.5. The minimum atomic E-state index is -0.513. The molecule has 0 unspecified atom stereocenters. The standard InChI is InChI=1S/C18H17N3O2/c19-11-14-8-9-16(17-15(14)7-4-10-20-17)21-18(22)23-12-13-5-2-1-3-6-13/h1-10H,11-12,19H2,(H,21,22). The van der Waals surface area contributed by atoms with Gasteiger partial charge < -0.3 is 10.5 Å². The van der Waals surface area contributed by atoms with Crippen molar-refractivity contribution in [2.75, 3.05) is 5.32 Å². The fourth-order valence-corrected chi connectivity index (χ4v) is 2.38. The molecule has 3 aromatic rings. The van der Waals surface area contributed by atoms with E-state index in [1.54, 1.807) is 12.3 Å². The Morgan fingerprint density at radius 3 is 2.70 bits per heavy atom. The van der Waals surface area contributed by atoms with Crippen LogP contribution in [-0.4, -0.2) is 11.1 Å². The van der Waals surface area contributed by atoms with Gasteiger partial charge in [-0.3, -0.25) is 10.3 Å². The Labute approximate surface area is 134 Å². The first kappa shape index (κ1) is 15.0. The summed E-state index contributed by atoms with van der Waals surface area (Å²) in [7, 11) is 0. The molecule has 5 heteroatoms. The van der Waals surface area contributed by atoms with Crippen molar-refractivity contribution in [1.29, 1.82) is 0 Å². The van der Waals surface area contributed by atoms with Gasteiger partial charge in [-0.1, -0.05) is 42.5 Å². The second-order valence-electron chi connectivity index (χ2n) is 5.06. The van der Waals surface area contributed by atoms with Crippen LogP contribution in [0.3, 0.4) is 0 Å². The van der Waals surface area contributed by atoms with E-state index in [0.717, 1.165) is 16.5 Å². The second-order valence-corrected chi connectivity index (χ2v) is 5.06. The molecule has 0 aliphatic heterocycles. The molecular formula is C18H17N3O2. The van der Waals surface area contributed by atoms with Gasteiger partial charge in [0.25, 0.3) is 0 Å². The third-order valence-corrected chi connectivity index (χ3v) is 3.53. The Morgan fingerprint density at radius 2 is 1.91 bits per heavy atom. The summed E-state index contributed by atoms with van der Waals surface area (Å²) < 4.78 is 5.23. The van der Waals surface area contributed by atoms with Gasteiger partial charge in [0.2, 0.25) is 0 Å². The number of hydrogen-bond donors (Lipinski definition) is 2. The fraction of sp³-hybridized carbons (Fsp3) is 0.111. The molecule has 0 radical (unpaired) electrons. The molecule has 1 amide bonds. The third kappa shape index (κ3) is 3.46. The molecule has 0 saturated heterocycles. The molecular weight excluding hydrogens is 290 g/mol. The Hall–Kier alpha value is -2.92. The molecule has 116 valence electrons. The maximum Gasteiger partial charge on any atom is 0.412 e. The van der Waals surface area contributed by atoms with Crippen molar-refractivity contribution in [3.63, 3.8) is 0 Å². The highest BCUT2D eigenvalue weighted by Crippen LogP contribution is 2.24. The van der Waals surface area contributed by atoms with E-state index in [9.17, 15) is 4.79 Å². The van der Waals surface area contributed by atoms with E-state index >= 15 is 0 Å². The summed E-state index contributed by atoms with van der Waals surface area (Å²) in [5.41, 5.74) is 8.96. The molecule has 23 heavy (non-hydrogen) atoms. The lowest BCUT2D eigenvalue weighted by molar-refractivity contribution is 0.155. The van der Waals surface area contributed by atoms with Gasteiger partial charge >= 0.3 is 6.09 Å². The molecule has 1 heterocycles. The quantitative estimate of drug-likeness (QED) is 0.774. The van der Waals surface area contributed by atoms with E-state index in [1.165, 1.54) is 0 Å². The van der Waals surface area contributed by atoms with Gasteiger partial charge in [-0.05, 0) is 23.3 Å². The van der Waals surface area contributed by atoms with Crippen LogP contribution < -0.4 is 11.1 Å². The topological polar surface area (TPSA) is 77.2 Å². The van der Waals surface area contributed by atoms with Crippen molar-refractivity contribution < 1.29 is 9.53 Å². The van der Waals surface area contributed by atoms with Crippen LogP contribution in [-0.2, 0) is 17.9 Å². The fourth-order valence-electron chi connectivity index (χ4n) is 2.38. The zero-order chi connectivity index (χ0) is 16.1. The number of carbonyl (C=O) groups is 1. The highest BCUT2D eigenvalue weighted by atomic mass is 16.5. The van der Waals surface area contributed by atoms with E-state index in [-0.39, 0.29) is 6.61 Å². The van der Waals surface area contributed by atoms with Crippen molar-refractivity contribution in [3.05, 3.63) is 71.9 Å². The number of nitrogens with zero attached hydrogens (tertiary/aromatic N) is 1. The summed E-state index contributed by atoms with van der Waals surface area (Å²) in [5, 5.41) is 3.67. The monoisotopic (exact) mass is 307 g/mol. The number of nitrogens with one attached hydrogen (secondary N) is 1. The lowest BCUT2D eigenvalue weighted by Gasteiger charge is -2.11. The van der Waals surface area contributed by atoms with Gasteiger partial charge in [0, 0.05) is 18.1 Å². The molecule has 5 nitrogen and oxygen atoms in total. The van der Waals surface area contributed by atoms with E-state index in [1.807, 2.05) is 48.5 Å². The predicted octanol–water partition coefficient (Wildman–Crippen LogP) is 3.44. The highest BCUT2D eigenvalue weighted by Gasteiger charge is 2.10. The van der Waals surface area contributed by atoms with Crippen molar-refractivity contribution >= 4 is 22.7 Å². The SMILES string of the molecule is NCc1ccc(NC(=O)OCc2ccccc2)c2ncccc12. The maximum absolute atomic E-state index is 12.0. The summed E-state index contributed by atoms with van der Waals surface area (Å²) >= 11 is 0. The lowest BCUT2D eigenvalue weighted by atomic mass is 10.1. The molecule has 3 N–H and O–H groups in total. The van der Waals surface area contributed by atoms with Gasteiger partial charge in [-0.15, -0.1) is 0 Å². The number of rotatable bonds is 4. The smallest absolute Gasteiger partial charge is 0.412 e. The van der Waals surface area contributed by atoms with E-state index in [2.05, 4.69) is 10.3 Å². The number of ether oxygens (including phenoxy) is 1. The Balaban J connectivity index is 1.75. The number of amides is 1. The first-order chi connectivity index (χ1) is 11.3. The number of nitrogens with two attached hydrogens (primary N) is 1. The Bertz CT molecular complexity index is 819. The van der Waals surface area contributed by atoms with Crippen LogP contribution in [0.2, 0.25) is 0 Å². The van der Waals surface area contributed by atoms with Crippen molar-refractivity contribution in [3.8, 4) is 0 Å². The van der Waals surface area contributed by atoms with Crippen molar-refractivity contribution in [2.24, 2.45) is 5.73 Å². The predicted molar refractivity (Wildman–Crippen MR) is 89.9 cm³/mol. The molecule has 0 bridgehead atoms. The van der Waals surface area contributed by atoms with Crippen LogP contribution in [0.1, 0.15) is 11.1 Å². The minimum absolute atomic E-state index is 0.221.